The van der Waals surface area contributed by atoms with Crippen LogP contribution in [0.5, 0.6) is 0 Å². The van der Waals surface area contributed by atoms with Gasteiger partial charge in [0.15, 0.2) is 0 Å². The predicted octanol–water partition coefficient (Wildman–Crippen LogP) is 4.22. The molecule has 0 atom stereocenters. The van der Waals surface area contributed by atoms with E-state index in [1.165, 1.54) is 0 Å². The van der Waals surface area contributed by atoms with Crippen LogP contribution in [0, 0.1) is 10.8 Å². The van der Waals surface area contributed by atoms with Gasteiger partial charge in [-0.3, -0.25) is 0 Å². The van der Waals surface area contributed by atoms with Crippen LogP contribution in [0.4, 0.5) is 0 Å². The van der Waals surface area contributed by atoms with Crippen LogP contribution in [0.2, 0.25) is 52.4 Å². The maximum absolute atomic E-state index is 12.0. The maximum atomic E-state index is 12.0. The molecule has 0 aliphatic rings. The lowest BCUT2D eigenvalue weighted by molar-refractivity contribution is -0.161. The molecule has 320 valence electrons. The van der Waals surface area contributed by atoms with Crippen LogP contribution < -0.4 is 0 Å². The lowest BCUT2D eigenvalue weighted by Crippen LogP contribution is -2.58. The van der Waals surface area contributed by atoms with Gasteiger partial charge in [0.05, 0.1) is 24.0 Å². The van der Waals surface area contributed by atoms with E-state index in [0.717, 1.165) is 36.5 Å². The molecule has 0 aromatic heterocycles. The van der Waals surface area contributed by atoms with Gasteiger partial charge in [-0.2, -0.15) is 0 Å². The summed E-state index contributed by atoms with van der Waals surface area (Å²) in [5.41, 5.74) is -2.74. The number of rotatable bonds is 30. The summed E-state index contributed by atoms with van der Waals surface area (Å²) in [4.78, 5) is 72.1. The second-order valence-electron chi connectivity index (χ2n) is 14.4. The number of hydrogen-bond donors (Lipinski definition) is 0. The molecule has 0 aliphatic carbocycles. The van der Waals surface area contributed by atoms with Crippen molar-refractivity contribution in [2.75, 3.05) is 52.9 Å². The Kier molecular flexibility index (Phi) is 22.3. The van der Waals surface area contributed by atoms with Gasteiger partial charge < -0.3 is 49.6 Å². The summed E-state index contributed by atoms with van der Waals surface area (Å²) in [7, 11) is -12.5. The first-order valence-corrected chi connectivity index (χ1v) is 28.7. The molecule has 0 saturated carbocycles. The Morgan fingerprint density at radius 3 is 0.702 bits per heavy atom. The average Bonchev–Trinajstić information content (AvgIpc) is 3.14. The summed E-state index contributed by atoms with van der Waals surface area (Å²) in [5.74, 6) is -4.61. The fourth-order valence-corrected chi connectivity index (χ4v) is 21.8. The van der Waals surface area contributed by atoms with E-state index >= 15 is 0 Å². The molecule has 0 spiro atoms. The lowest BCUT2D eigenvalue weighted by Gasteiger charge is -2.42. The van der Waals surface area contributed by atoms with Crippen molar-refractivity contribution < 1.29 is 78.4 Å². The third-order valence-electron chi connectivity index (χ3n) is 7.05. The molecule has 0 rings (SSSR count). The van der Waals surface area contributed by atoms with Gasteiger partial charge in [0.2, 0.25) is 0 Å². The van der Waals surface area contributed by atoms with Gasteiger partial charge >= 0.3 is 70.1 Å². The van der Waals surface area contributed by atoms with E-state index < -0.39 is 80.9 Å². The smallest absolute Gasteiger partial charge is 0.330 e. The average molecular weight is 875 g/mol. The molecule has 0 N–H and O–H groups in total. The number of esters is 6. The van der Waals surface area contributed by atoms with Crippen molar-refractivity contribution in [1.82, 2.24) is 0 Å². The molecule has 17 nitrogen and oxygen atoms in total. The zero-order valence-corrected chi connectivity index (χ0v) is 38.3. The van der Waals surface area contributed by atoms with Gasteiger partial charge in [-0.25, -0.2) is 28.8 Å². The van der Waals surface area contributed by atoms with Crippen LogP contribution >= 0.6 is 0 Å². The maximum Gasteiger partial charge on any atom is 0.330 e. The van der Waals surface area contributed by atoms with Crippen molar-refractivity contribution in [2.24, 2.45) is 10.8 Å². The zero-order valence-electron chi connectivity index (χ0n) is 34.3. The van der Waals surface area contributed by atoms with Crippen molar-refractivity contribution >= 4 is 70.1 Å². The number of ether oxygens (including phenoxy) is 6. The Morgan fingerprint density at radius 1 is 0.351 bits per heavy atom. The minimum Gasteiger partial charge on any atom is -0.462 e. The summed E-state index contributed by atoms with van der Waals surface area (Å²) >= 11 is 0. The predicted molar refractivity (Wildman–Crippen MR) is 217 cm³/mol. The summed E-state index contributed by atoms with van der Waals surface area (Å²) in [6.07, 6.45) is 5.71. The molecular weight excluding hydrogens is 817 g/mol. The Morgan fingerprint density at radius 2 is 0.526 bits per heavy atom. The first-order chi connectivity index (χ1) is 26.3. The van der Waals surface area contributed by atoms with Gasteiger partial charge in [0.25, 0.3) is 0 Å². The van der Waals surface area contributed by atoms with Crippen LogP contribution in [-0.4, -0.2) is 123 Å². The minimum atomic E-state index is -3.15. The van der Waals surface area contributed by atoms with Gasteiger partial charge in [-0.1, -0.05) is 39.5 Å². The van der Waals surface area contributed by atoms with Crippen molar-refractivity contribution in [3.8, 4) is 0 Å². The lowest BCUT2D eigenvalue weighted by atomic mass is 9.92. The van der Waals surface area contributed by atoms with Gasteiger partial charge in [0, 0.05) is 36.5 Å². The van der Waals surface area contributed by atoms with E-state index in [1.54, 1.807) is 52.4 Å². The first kappa shape index (κ1) is 52.9. The molecule has 0 fully saturated rings. The second-order valence-corrected chi connectivity index (χ2v) is 28.6. The topological polar surface area (TPSA) is 204 Å². The van der Waals surface area contributed by atoms with Gasteiger partial charge in [-0.15, -0.1) is 0 Å². The molecule has 0 aliphatic heterocycles. The summed E-state index contributed by atoms with van der Waals surface area (Å²) in [6, 6.07) is 0. The van der Waals surface area contributed by atoms with Crippen molar-refractivity contribution in [3.05, 3.63) is 75.9 Å². The molecule has 0 aromatic rings. The summed E-state index contributed by atoms with van der Waals surface area (Å²) in [6.45, 7) is 31.8. The van der Waals surface area contributed by atoms with E-state index in [1.807, 2.05) is 0 Å². The molecule has 0 radical (unpaired) electrons. The monoisotopic (exact) mass is 874 g/mol. The van der Waals surface area contributed by atoms with E-state index in [4.69, 9.17) is 49.6 Å². The van der Waals surface area contributed by atoms with Crippen LogP contribution in [0.1, 0.15) is 0 Å². The SMILES string of the molecule is C=CC(=O)OCC(COC(=O)C=C)(COC(=O)C=C)CO[Si](C)(C)O[Si](C)(C)O[Si](C)(C)O[Si](C)(C)OCC(COC(=O)C=C)(COC(=O)C=C)COC(=O)C=C. The highest BCUT2D eigenvalue weighted by Gasteiger charge is 2.47. The molecule has 21 heteroatoms. The quantitative estimate of drug-likeness (QED) is 0.0429. The normalized spacial score (nSPS) is 12.2. The Balaban J connectivity index is 6.20. The molecule has 0 heterocycles. The molecule has 0 amide bonds. The van der Waals surface area contributed by atoms with Crippen LogP contribution in [-0.2, 0) is 78.4 Å². The highest BCUT2D eigenvalue weighted by Crippen LogP contribution is 2.29. The first-order valence-electron chi connectivity index (χ1n) is 17.4. The zero-order chi connectivity index (χ0) is 44.1. The standard InChI is InChI=1S/C36H58O17Si4/c1-15-29(37)43-21-35(22-44-30(38)16-2,23-45-31(39)17-3)27-49-54(7,8)51-56(11,12)53-57(13,14)52-55(9,10)50-28-36(24-46-32(40)18-4,25-47-33(41)19-5)26-48-34(42)20-6/h15-20H,1-6,21-28H2,7-14H3. The van der Waals surface area contributed by atoms with E-state index in [0.29, 0.717) is 0 Å². The Bertz CT molecular complexity index is 1260. The molecule has 0 aromatic carbocycles. The fourth-order valence-electron chi connectivity index (χ4n) is 4.73. The Labute approximate surface area is 339 Å². The third kappa shape index (κ3) is 22.5. The highest BCUT2D eigenvalue weighted by molar-refractivity contribution is 6.87. The molecular formula is C36H58O17Si4. The van der Waals surface area contributed by atoms with Crippen LogP contribution in [0.3, 0.4) is 0 Å². The fraction of sp³-hybridized carbons (Fsp3) is 0.500. The van der Waals surface area contributed by atoms with Crippen molar-refractivity contribution in [1.29, 1.82) is 0 Å². The van der Waals surface area contributed by atoms with Crippen LogP contribution in [0.15, 0.2) is 75.9 Å². The third-order valence-corrected chi connectivity index (χ3v) is 20.5. The molecule has 0 saturated heterocycles. The van der Waals surface area contributed by atoms with E-state index in [2.05, 4.69) is 39.5 Å². The largest absolute Gasteiger partial charge is 0.462 e. The van der Waals surface area contributed by atoms with E-state index in [-0.39, 0.29) is 52.9 Å². The molecule has 57 heavy (non-hydrogen) atoms. The molecule has 0 unspecified atom stereocenters. The second kappa shape index (κ2) is 24.0. The number of carbonyl (C=O) groups is 6. The summed E-state index contributed by atoms with van der Waals surface area (Å²) < 4.78 is 64.0. The molecule has 0 bridgehead atoms. The van der Waals surface area contributed by atoms with Gasteiger partial charge in [-0.05, 0) is 52.4 Å². The van der Waals surface area contributed by atoms with Crippen LogP contribution in [0.25, 0.3) is 0 Å². The highest BCUT2D eigenvalue weighted by atomic mass is 28.5. The minimum absolute atomic E-state index is 0.241. The van der Waals surface area contributed by atoms with Crippen molar-refractivity contribution in [3.63, 3.8) is 0 Å². The Hall–Kier alpha value is -4.07. The number of hydrogen-bond acceptors (Lipinski definition) is 17. The summed E-state index contributed by atoms with van der Waals surface area (Å²) in [5, 5.41) is 0. The van der Waals surface area contributed by atoms with E-state index in [9.17, 15) is 28.8 Å². The van der Waals surface area contributed by atoms with Gasteiger partial charge in [0.1, 0.15) is 39.6 Å². The van der Waals surface area contributed by atoms with Crippen molar-refractivity contribution in [2.45, 2.75) is 52.4 Å². The number of carbonyl (C=O) groups excluding carboxylic acids is 6.